The van der Waals surface area contributed by atoms with Crippen LogP contribution in [0.25, 0.3) is 27.2 Å². The number of rotatable bonds is 15. The lowest BCUT2D eigenvalue weighted by atomic mass is 9.96. The quantitative estimate of drug-likeness (QED) is 0.0623. The first-order valence-corrected chi connectivity index (χ1v) is 36.5. The molecule has 542 valence electrons. The first kappa shape index (κ1) is 75.4. The number of nitrogens with zero attached hydrogens (tertiary/aromatic N) is 2. The number of fused-ring (bicyclic) bond motifs is 6. The molecule has 8 atom stereocenters. The molecule has 4 heterocycles. The highest BCUT2D eigenvalue weighted by molar-refractivity contribution is 7.98. The minimum atomic E-state index is -2.01. The highest BCUT2D eigenvalue weighted by atomic mass is 32.2. The van der Waals surface area contributed by atoms with Gasteiger partial charge in [-0.05, 0) is 125 Å². The molecule has 9 amide bonds. The Morgan fingerprint density at radius 3 is 2.07 bits per heavy atom. The number of unbranched alkanes of at least 4 members (excludes halogenated alkanes) is 1. The fourth-order valence-electron chi connectivity index (χ4n) is 13.2. The van der Waals surface area contributed by atoms with Gasteiger partial charge in [-0.1, -0.05) is 78.9 Å². The molecule has 1 aliphatic carbocycles. The molecule has 1 fully saturated rings. The van der Waals surface area contributed by atoms with Crippen LogP contribution in [0, 0.1) is 17.6 Å². The van der Waals surface area contributed by atoms with E-state index in [0.717, 1.165) is 21.9 Å². The second-order valence-electron chi connectivity index (χ2n) is 26.0. The number of halogens is 2. The van der Waals surface area contributed by atoms with Crippen molar-refractivity contribution in [2.45, 2.75) is 137 Å². The normalized spacial score (nSPS) is 22.3. The highest BCUT2D eigenvalue weighted by Gasteiger charge is 2.41. The predicted molar refractivity (Wildman–Crippen MR) is 385 cm³/mol. The lowest BCUT2D eigenvalue weighted by Crippen LogP contribution is -2.60. The van der Waals surface area contributed by atoms with Crippen molar-refractivity contribution >= 4 is 116 Å². The van der Waals surface area contributed by atoms with Gasteiger partial charge in [-0.25, -0.2) is 13.8 Å². The number of nitrogens with two attached hydrogens (primary N) is 2. The largest absolute Gasteiger partial charge is 0.481 e. The second kappa shape index (κ2) is 36.1. The molecule has 2 aliphatic heterocycles. The third-order valence-electron chi connectivity index (χ3n) is 18.5. The third-order valence-corrected chi connectivity index (χ3v) is 20.7. The van der Waals surface area contributed by atoms with Gasteiger partial charge in [-0.3, -0.25) is 52.7 Å². The van der Waals surface area contributed by atoms with Crippen LogP contribution in [-0.2, 0) is 89.9 Å². The zero-order valence-corrected chi connectivity index (χ0v) is 58.1. The van der Waals surface area contributed by atoms with E-state index in [0.29, 0.717) is 87.5 Å². The second-order valence-corrected chi connectivity index (χ2v) is 28.1. The number of carboxylic acids is 1. The van der Waals surface area contributed by atoms with Crippen LogP contribution in [0.2, 0.25) is 0 Å². The summed E-state index contributed by atoms with van der Waals surface area (Å²) in [5, 5.41) is 30.9. The Balaban J connectivity index is 0.984. The van der Waals surface area contributed by atoms with Crippen LogP contribution in [0.5, 0.6) is 0 Å². The Kier molecular flexibility index (Phi) is 26.4. The van der Waals surface area contributed by atoms with E-state index in [4.69, 9.17) is 11.5 Å². The summed E-state index contributed by atoms with van der Waals surface area (Å²) < 4.78 is 29.9. The summed E-state index contributed by atoms with van der Waals surface area (Å²) >= 11 is 2.89. The van der Waals surface area contributed by atoms with Crippen LogP contribution in [0.15, 0.2) is 128 Å². The lowest BCUT2D eigenvalue weighted by molar-refractivity contribution is -0.142. The van der Waals surface area contributed by atoms with E-state index in [1.165, 1.54) is 77.5 Å². The summed E-state index contributed by atoms with van der Waals surface area (Å²) in [6, 6.07) is 18.0. The first-order chi connectivity index (χ1) is 49.7. The fraction of sp³-hybridized carbons (Fsp3) is 0.378. The van der Waals surface area contributed by atoms with Gasteiger partial charge in [0.15, 0.2) is 5.78 Å². The van der Waals surface area contributed by atoms with Gasteiger partial charge in [0.2, 0.25) is 53.2 Å². The number of aromatic nitrogens is 3. The van der Waals surface area contributed by atoms with Gasteiger partial charge in [0.1, 0.15) is 47.9 Å². The Hall–Kier alpha value is -10.3. The van der Waals surface area contributed by atoms with Crippen LogP contribution >= 0.6 is 23.5 Å². The molecule has 0 saturated carbocycles. The van der Waals surface area contributed by atoms with Crippen LogP contribution in [0.4, 0.5) is 8.78 Å². The number of nitrogens with one attached hydrogen (secondary N) is 9. The van der Waals surface area contributed by atoms with Gasteiger partial charge in [-0.15, -0.1) is 0 Å². The molecule has 25 nitrogen and oxygen atoms in total. The van der Waals surface area contributed by atoms with Crippen molar-refractivity contribution in [2.75, 3.05) is 31.1 Å². The third kappa shape index (κ3) is 20.7. The maximum absolute atomic E-state index is 15.4. The number of hydrogen-bond acceptors (Lipinski definition) is 15. The number of carboxylic acid groups (broad SMARTS) is 1. The Labute approximate surface area is 600 Å². The number of primary amides is 1. The minimum Gasteiger partial charge on any atom is -0.481 e. The van der Waals surface area contributed by atoms with E-state index in [-0.39, 0.29) is 63.7 Å². The molecule has 2 bridgehead atoms. The van der Waals surface area contributed by atoms with Crippen molar-refractivity contribution in [3.8, 4) is 0 Å². The number of carbonyl (C=O) groups excluding carboxylic acids is 10. The van der Waals surface area contributed by atoms with Crippen molar-refractivity contribution in [3.05, 3.63) is 179 Å². The summed E-state index contributed by atoms with van der Waals surface area (Å²) in [6.07, 6.45) is 5.36. The van der Waals surface area contributed by atoms with Gasteiger partial charge in [0.25, 0.3) is 0 Å². The number of ketones is 1. The molecule has 2 aromatic heterocycles. The van der Waals surface area contributed by atoms with Crippen LogP contribution in [-0.4, -0.2) is 163 Å². The molecule has 1 saturated heterocycles. The predicted octanol–water partition coefficient (Wildman–Crippen LogP) is 4.63. The minimum absolute atomic E-state index is 0.0262. The Morgan fingerprint density at radius 2 is 1.32 bits per heavy atom. The number of aromatic amines is 2. The number of amides is 9. The fourth-order valence-corrected chi connectivity index (χ4v) is 15.2. The molecule has 10 rings (SSSR count). The average Bonchev–Trinajstić information content (AvgIpc) is 1.47. The number of carbonyl (C=O) groups is 11. The van der Waals surface area contributed by atoms with Crippen molar-refractivity contribution in [1.82, 2.24) is 57.1 Å². The van der Waals surface area contributed by atoms with E-state index in [2.05, 4.69) is 52.2 Å². The Morgan fingerprint density at radius 1 is 0.650 bits per heavy atom. The van der Waals surface area contributed by atoms with E-state index in [1.54, 1.807) is 24.3 Å². The van der Waals surface area contributed by atoms with E-state index < -0.39 is 144 Å². The van der Waals surface area contributed by atoms with Gasteiger partial charge in [0, 0.05) is 97.1 Å². The molecular formula is C74H83F2N13O12S2. The van der Waals surface area contributed by atoms with Crippen molar-refractivity contribution in [1.29, 1.82) is 0 Å². The van der Waals surface area contributed by atoms with Crippen molar-refractivity contribution in [2.24, 2.45) is 17.4 Å². The summed E-state index contributed by atoms with van der Waals surface area (Å²) in [5.74, 6) is -10.4. The number of hydrogen-bond donors (Lipinski definition) is 12. The number of imidazole rings is 1. The van der Waals surface area contributed by atoms with E-state index >= 15 is 23.6 Å². The zero-order chi connectivity index (χ0) is 73.1. The topological polar surface area (TPSA) is 392 Å². The standard InChI is InChI=1S/C74H83F2N13O12S2/c75-50-19-18-45-16-17-47(54(45)31-50)27-59-71(98)87-61(34-67(93)94)73(100)86-60(33-52-36-79-41-82-52)72(99)88-62(28-46-12-6-11-44-10-1-2-13-53(44)46)74(101)89-24-7-15-63(89)64(90)30-49(68(78)95)40-103-39-43-9-5-8-42(26-43)38-102-25-22-65(91)83-57(14-3-4-23-77)69(96)81-37-66(92)84-58(70(97)85-59)29-48-35-80-56-21-20-51(76)32-55(48)56/h1-2,5-6,8-13,17-21,26,31-32,35-36,41,49,57-63,80H,3-4,7,14-16,22-25,27-30,33-34,37-40,77H2,(H2,78,95)(H,79,82)(H,81,96)(H,83,91)(H,84,92)(H,85,97)(H,86,100)(H,87,98)(H,88,99)(H,93,94)/t49-,57-,58-,59-,60-,61-,62-,63-/m0/s1. The Bertz CT molecular complexity index is 4320. The number of benzene rings is 5. The smallest absolute Gasteiger partial charge is 0.305 e. The summed E-state index contributed by atoms with van der Waals surface area (Å²) in [4.78, 5) is 169. The van der Waals surface area contributed by atoms with Crippen molar-refractivity contribution in [3.63, 3.8) is 0 Å². The maximum Gasteiger partial charge on any atom is 0.305 e. The highest BCUT2D eigenvalue weighted by Crippen LogP contribution is 2.33. The maximum atomic E-state index is 15.4. The first-order valence-electron chi connectivity index (χ1n) is 34.2. The number of allylic oxidation sites excluding steroid dienone is 1. The number of aliphatic carboxylic acids is 1. The molecule has 3 aliphatic rings. The number of H-pyrrole nitrogens is 2. The zero-order valence-electron chi connectivity index (χ0n) is 56.4. The van der Waals surface area contributed by atoms with Gasteiger partial charge in [-0.2, -0.15) is 23.5 Å². The van der Waals surface area contributed by atoms with Crippen LogP contribution < -0.4 is 48.7 Å². The van der Waals surface area contributed by atoms with Gasteiger partial charge >= 0.3 is 5.97 Å². The molecule has 0 spiro atoms. The average molecular weight is 1450 g/mol. The molecule has 103 heavy (non-hydrogen) atoms. The molecule has 0 radical (unpaired) electrons. The van der Waals surface area contributed by atoms with Crippen molar-refractivity contribution < 1.29 is 66.6 Å². The summed E-state index contributed by atoms with van der Waals surface area (Å²) in [7, 11) is 0. The molecule has 5 aromatic carbocycles. The molecule has 0 unspecified atom stereocenters. The van der Waals surface area contributed by atoms with Crippen LogP contribution in [0.3, 0.4) is 0 Å². The number of Topliss-reactive ketones (excluding diaryl/α,β-unsaturated/α-hetero) is 1. The molecule has 29 heteroatoms. The van der Waals surface area contributed by atoms with E-state index in [1.807, 2.05) is 54.6 Å². The summed E-state index contributed by atoms with van der Waals surface area (Å²) in [6.45, 7) is -0.312. The lowest BCUT2D eigenvalue weighted by Gasteiger charge is -2.31. The van der Waals surface area contributed by atoms with E-state index in [9.17, 15) is 43.1 Å². The SMILES string of the molecule is NCCCC[C@@H]1NC(=O)CCSCc2cccc(c2)CSC[C@@H](C(N)=O)CC(=O)[C@@H]2CCCN2C(=O)[C@H](Cc2cccc3ccccc23)NC(=O)[C@H](Cc2cnc[nH]2)NC(=O)[C@H](CC(=O)O)NC(=O)[C@H](CC2=CCc3ccc(F)cc32)NC(=O)[C@H](Cc2c[nH]c3ccc(F)cc23)NC(=O)CNC1=O. The van der Waals surface area contributed by atoms with Crippen LogP contribution in [0.1, 0.15) is 96.9 Å². The molecule has 7 aromatic rings. The molecule has 14 N–H and O–H groups in total. The summed E-state index contributed by atoms with van der Waals surface area (Å²) in [5.41, 5.74) is 16.8. The number of thioether (sulfide) groups is 2. The monoisotopic (exact) mass is 1450 g/mol. The van der Waals surface area contributed by atoms with Gasteiger partial charge in [0.05, 0.1) is 31.3 Å². The van der Waals surface area contributed by atoms with Gasteiger partial charge < -0.3 is 68.7 Å². The molecular weight excluding hydrogens is 1370 g/mol.